The van der Waals surface area contributed by atoms with Crippen LogP contribution in [0.15, 0.2) is 36.8 Å². The lowest BCUT2D eigenvalue weighted by Gasteiger charge is -2.23. The van der Waals surface area contributed by atoms with Crippen LogP contribution < -0.4 is 10.6 Å². The molecule has 154 valence electrons. The van der Waals surface area contributed by atoms with Crippen LogP contribution in [0.5, 0.6) is 0 Å². The van der Waals surface area contributed by atoms with Gasteiger partial charge in [0.1, 0.15) is 11.4 Å². The summed E-state index contributed by atoms with van der Waals surface area (Å²) in [4.78, 5) is 15.0. The Bertz CT molecular complexity index is 1190. The Labute approximate surface area is 168 Å². The zero-order chi connectivity index (χ0) is 20.7. The molecule has 4 N–H and O–H groups in total. The Hall–Kier alpha value is -3.63. The second-order valence-corrected chi connectivity index (χ2v) is 7.17. The molecule has 8 nitrogen and oxygen atoms in total. The molecule has 1 aliphatic carbocycles. The number of aromatic nitrogens is 6. The van der Waals surface area contributed by atoms with Gasteiger partial charge in [-0.05, 0) is 31.0 Å². The number of fused-ring (bicyclic) bond motifs is 1. The molecule has 30 heavy (non-hydrogen) atoms. The molecule has 0 bridgehead atoms. The largest absolute Gasteiger partial charge is 0.421 e. The SMILES string of the molecule is FC(F)(F)c1cnc(Nc2ccc3nc[nH]c3c2)nc1Nc1cc(C2CCC2)[nH]n1. The molecular weight excluding hydrogens is 397 g/mol. The summed E-state index contributed by atoms with van der Waals surface area (Å²) in [6.07, 6.45) is 0.965. The van der Waals surface area contributed by atoms with Crippen molar-refractivity contribution in [2.75, 3.05) is 10.6 Å². The Kier molecular flexibility index (Phi) is 4.30. The fourth-order valence-electron chi connectivity index (χ4n) is 3.34. The number of halogens is 3. The lowest BCUT2D eigenvalue weighted by atomic mass is 9.83. The van der Waals surface area contributed by atoms with Crippen molar-refractivity contribution < 1.29 is 13.2 Å². The monoisotopic (exact) mass is 414 g/mol. The average molecular weight is 414 g/mol. The van der Waals surface area contributed by atoms with Gasteiger partial charge in [0, 0.05) is 29.6 Å². The summed E-state index contributed by atoms with van der Waals surface area (Å²) in [6.45, 7) is 0. The number of nitrogens with zero attached hydrogens (tertiary/aromatic N) is 4. The van der Waals surface area contributed by atoms with E-state index in [1.165, 1.54) is 0 Å². The zero-order valence-electron chi connectivity index (χ0n) is 15.6. The van der Waals surface area contributed by atoms with Crippen LogP contribution >= 0.6 is 0 Å². The van der Waals surface area contributed by atoms with Gasteiger partial charge in [0.2, 0.25) is 5.95 Å². The molecule has 0 amide bonds. The number of alkyl halides is 3. The summed E-state index contributed by atoms with van der Waals surface area (Å²) in [6, 6.07) is 7.03. The third-order valence-electron chi connectivity index (χ3n) is 5.16. The van der Waals surface area contributed by atoms with E-state index in [1.54, 1.807) is 30.6 Å². The maximum Gasteiger partial charge on any atom is 0.421 e. The highest BCUT2D eigenvalue weighted by Crippen LogP contribution is 2.38. The van der Waals surface area contributed by atoms with Crippen LogP contribution in [0.2, 0.25) is 0 Å². The fraction of sp³-hybridized carbons (Fsp3) is 0.263. The number of benzene rings is 1. The van der Waals surface area contributed by atoms with Gasteiger partial charge >= 0.3 is 6.18 Å². The first kappa shape index (κ1) is 18.4. The highest BCUT2D eigenvalue weighted by Gasteiger charge is 2.35. The minimum atomic E-state index is -4.61. The number of H-pyrrole nitrogens is 2. The van der Waals surface area contributed by atoms with Crippen LogP contribution in [0.3, 0.4) is 0 Å². The van der Waals surface area contributed by atoms with Crippen molar-refractivity contribution in [3.63, 3.8) is 0 Å². The van der Waals surface area contributed by atoms with Crippen LogP contribution in [-0.4, -0.2) is 30.1 Å². The molecule has 3 heterocycles. The predicted octanol–water partition coefficient (Wildman–Crippen LogP) is 4.85. The van der Waals surface area contributed by atoms with E-state index in [-0.39, 0.29) is 17.6 Å². The Morgan fingerprint density at radius 1 is 1.07 bits per heavy atom. The summed E-state index contributed by atoms with van der Waals surface area (Å²) in [5, 5.41) is 12.6. The predicted molar refractivity (Wildman–Crippen MR) is 105 cm³/mol. The lowest BCUT2D eigenvalue weighted by Crippen LogP contribution is -2.12. The number of rotatable bonds is 5. The van der Waals surface area contributed by atoms with Crippen molar-refractivity contribution in [3.05, 3.63) is 48.0 Å². The third kappa shape index (κ3) is 3.53. The minimum Gasteiger partial charge on any atom is -0.345 e. The molecule has 1 saturated carbocycles. The van der Waals surface area contributed by atoms with Gasteiger partial charge < -0.3 is 15.6 Å². The van der Waals surface area contributed by atoms with E-state index in [0.29, 0.717) is 11.6 Å². The maximum atomic E-state index is 13.5. The van der Waals surface area contributed by atoms with Gasteiger partial charge in [0.25, 0.3) is 0 Å². The first-order valence-electron chi connectivity index (χ1n) is 9.42. The molecule has 1 aliphatic rings. The molecule has 5 rings (SSSR count). The Morgan fingerprint density at radius 2 is 1.93 bits per heavy atom. The standard InChI is InChI=1S/C19H17F3N8/c20-19(21,22)12-8-23-18(26-11-4-5-13-15(6-11)25-9-24-13)28-17(12)27-16-7-14(29-30-16)10-2-1-3-10/h4-10H,1-3H2,(H,24,25)(H3,23,26,27,28,29,30). The topological polar surface area (TPSA) is 107 Å². The molecule has 3 aromatic heterocycles. The highest BCUT2D eigenvalue weighted by atomic mass is 19.4. The highest BCUT2D eigenvalue weighted by molar-refractivity contribution is 5.79. The normalized spacial score (nSPS) is 14.6. The van der Waals surface area contributed by atoms with Gasteiger partial charge in [-0.3, -0.25) is 5.10 Å². The average Bonchev–Trinajstić information content (AvgIpc) is 3.28. The van der Waals surface area contributed by atoms with Gasteiger partial charge in [-0.15, -0.1) is 0 Å². The van der Waals surface area contributed by atoms with Crippen molar-refractivity contribution in [2.24, 2.45) is 0 Å². The fourth-order valence-corrected chi connectivity index (χ4v) is 3.34. The van der Waals surface area contributed by atoms with Gasteiger partial charge in [-0.25, -0.2) is 9.97 Å². The van der Waals surface area contributed by atoms with E-state index in [2.05, 4.69) is 40.8 Å². The van der Waals surface area contributed by atoms with Crippen molar-refractivity contribution in [2.45, 2.75) is 31.4 Å². The van der Waals surface area contributed by atoms with E-state index in [4.69, 9.17) is 0 Å². The third-order valence-corrected chi connectivity index (χ3v) is 5.16. The van der Waals surface area contributed by atoms with Gasteiger partial charge in [0.05, 0.1) is 17.4 Å². The molecular formula is C19H17F3N8. The van der Waals surface area contributed by atoms with Gasteiger partial charge in [-0.1, -0.05) is 6.42 Å². The maximum absolute atomic E-state index is 13.5. The van der Waals surface area contributed by atoms with Crippen LogP contribution in [0, 0.1) is 0 Å². The summed E-state index contributed by atoms with van der Waals surface area (Å²) in [5.41, 5.74) is 2.12. The summed E-state index contributed by atoms with van der Waals surface area (Å²) in [7, 11) is 0. The van der Waals surface area contributed by atoms with Gasteiger partial charge in [0.15, 0.2) is 5.82 Å². The molecule has 0 atom stereocenters. The molecule has 1 fully saturated rings. The first-order chi connectivity index (χ1) is 14.5. The molecule has 1 aromatic carbocycles. The number of hydrogen-bond donors (Lipinski definition) is 4. The van der Waals surface area contributed by atoms with Crippen LogP contribution in [0.1, 0.15) is 36.4 Å². The van der Waals surface area contributed by atoms with Crippen molar-refractivity contribution in [1.29, 1.82) is 0 Å². The Balaban J connectivity index is 1.43. The van der Waals surface area contributed by atoms with Crippen LogP contribution in [0.25, 0.3) is 11.0 Å². The van der Waals surface area contributed by atoms with E-state index in [0.717, 1.165) is 42.2 Å². The van der Waals surface area contributed by atoms with Gasteiger partial charge in [-0.2, -0.15) is 23.3 Å². The first-order valence-corrected chi connectivity index (χ1v) is 9.42. The molecule has 11 heteroatoms. The molecule has 0 unspecified atom stereocenters. The van der Waals surface area contributed by atoms with Crippen LogP contribution in [0.4, 0.5) is 36.4 Å². The van der Waals surface area contributed by atoms with E-state index >= 15 is 0 Å². The molecule has 0 spiro atoms. The van der Waals surface area contributed by atoms with E-state index in [9.17, 15) is 13.2 Å². The quantitative estimate of drug-likeness (QED) is 0.372. The molecule has 0 radical (unpaired) electrons. The van der Waals surface area contributed by atoms with E-state index in [1.807, 2.05) is 0 Å². The molecule has 0 saturated heterocycles. The summed E-state index contributed by atoms with van der Waals surface area (Å²) >= 11 is 0. The number of imidazole rings is 1. The van der Waals surface area contributed by atoms with Crippen molar-refractivity contribution in [3.8, 4) is 0 Å². The van der Waals surface area contributed by atoms with Crippen LogP contribution in [-0.2, 0) is 6.18 Å². The minimum absolute atomic E-state index is 0.0270. The summed E-state index contributed by atoms with van der Waals surface area (Å²) in [5.74, 6) is 0.328. The lowest BCUT2D eigenvalue weighted by molar-refractivity contribution is -0.137. The summed E-state index contributed by atoms with van der Waals surface area (Å²) < 4.78 is 40.4. The smallest absolute Gasteiger partial charge is 0.345 e. The number of aromatic amines is 2. The molecule has 4 aromatic rings. The number of nitrogens with one attached hydrogen (secondary N) is 4. The second-order valence-electron chi connectivity index (χ2n) is 7.17. The number of hydrogen-bond acceptors (Lipinski definition) is 6. The molecule has 0 aliphatic heterocycles. The van der Waals surface area contributed by atoms with E-state index < -0.39 is 11.7 Å². The zero-order valence-corrected chi connectivity index (χ0v) is 15.6. The number of anilines is 4. The second kappa shape index (κ2) is 7.01. The van der Waals surface area contributed by atoms with Crippen molar-refractivity contribution >= 4 is 34.3 Å². The Morgan fingerprint density at radius 3 is 2.70 bits per heavy atom. The van der Waals surface area contributed by atoms with Crippen molar-refractivity contribution in [1.82, 2.24) is 30.1 Å².